The molecule has 1 aromatic heterocycles. The highest BCUT2D eigenvalue weighted by Crippen LogP contribution is 2.36. The van der Waals surface area contributed by atoms with Gasteiger partial charge in [-0.25, -0.2) is 4.98 Å². The van der Waals surface area contributed by atoms with Gasteiger partial charge in [-0.3, -0.25) is 10.1 Å². The van der Waals surface area contributed by atoms with Gasteiger partial charge in [-0.15, -0.1) is 11.3 Å². The number of thiazole rings is 1. The van der Waals surface area contributed by atoms with E-state index < -0.39 is 23.2 Å². The third kappa shape index (κ3) is 4.09. The molecular weight excluding hydrogens is 393 g/mol. The summed E-state index contributed by atoms with van der Waals surface area (Å²) >= 11 is 1.09. The van der Waals surface area contributed by atoms with Crippen LogP contribution in [-0.2, 0) is 6.18 Å². The minimum absolute atomic E-state index is 0.168. The Bertz CT molecular complexity index is 1000. The Morgan fingerprint density at radius 2 is 1.86 bits per heavy atom. The van der Waals surface area contributed by atoms with Crippen molar-refractivity contribution < 1.29 is 27.4 Å². The zero-order chi connectivity index (χ0) is 20.3. The molecule has 1 amide bonds. The van der Waals surface area contributed by atoms with Crippen molar-refractivity contribution in [3.05, 3.63) is 59.0 Å². The fourth-order valence-corrected chi connectivity index (χ4v) is 3.27. The Kier molecular flexibility index (Phi) is 5.55. The number of nitrogens with one attached hydrogen (secondary N) is 1. The number of rotatable bonds is 5. The quantitative estimate of drug-likeness (QED) is 0.638. The lowest BCUT2D eigenvalue weighted by molar-refractivity contribution is -0.137. The highest BCUT2D eigenvalue weighted by atomic mass is 32.1. The van der Waals surface area contributed by atoms with Gasteiger partial charge in [-0.1, -0.05) is 12.1 Å². The average Bonchev–Trinajstić information content (AvgIpc) is 3.15. The van der Waals surface area contributed by atoms with Gasteiger partial charge in [0.05, 0.1) is 31.0 Å². The summed E-state index contributed by atoms with van der Waals surface area (Å²) in [6, 6.07) is 9.75. The van der Waals surface area contributed by atoms with Crippen LogP contribution in [0.4, 0.5) is 18.3 Å². The molecule has 0 saturated heterocycles. The number of alkyl halides is 3. The number of hydrogen-bond acceptors (Lipinski definition) is 5. The maximum atomic E-state index is 13.1. The summed E-state index contributed by atoms with van der Waals surface area (Å²) in [5.41, 5.74) is -0.334. The molecule has 0 unspecified atom stereocenters. The lowest BCUT2D eigenvalue weighted by atomic mass is 10.1. The van der Waals surface area contributed by atoms with Gasteiger partial charge in [-0.2, -0.15) is 13.2 Å². The highest BCUT2D eigenvalue weighted by molar-refractivity contribution is 7.14. The molecule has 0 aliphatic heterocycles. The van der Waals surface area contributed by atoms with Gasteiger partial charge in [-0.05, 0) is 30.3 Å². The van der Waals surface area contributed by atoms with E-state index in [0.29, 0.717) is 22.8 Å². The van der Waals surface area contributed by atoms with Gasteiger partial charge in [0.25, 0.3) is 5.91 Å². The molecule has 0 bridgehead atoms. The van der Waals surface area contributed by atoms with Crippen LogP contribution in [0.2, 0.25) is 0 Å². The molecule has 0 spiro atoms. The van der Waals surface area contributed by atoms with Crippen molar-refractivity contribution in [1.82, 2.24) is 4.98 Å². The van der Waals surface area contributed by atoms with Crippen LogP contribution in [-0.4, -0.2) is 25.1 Å². The van der Waals surface area contributed by atoms with Crippen molar-refractivity contribution in [2.45, 2.75) is 6.18 Å². The second kappa shape index (κ2) is 7.89. The summed E-state index contributed by atoms with van der Waals surface area (Å²) in [4.78, 5) is 16.7. The van der Waals surface area contributed by atoms with E-state index in [2.05, 4.69) is 10.3 Å². The van der Waals surface area contributed by atoms with Crippen LogP contribution in [0.5, 0.6) is 11.5 Å². The molecule has 5 nitrogen and oxygen atoms in total. The topological polar surface area (TPSA) is 60.5 Å². The molecule has 3 rings (SSSR count). The number of carbonyl (C=O) groups is 1. The summed E-state index contributed by atoms with van der Waals surface area (Å²) < 4.78 is 49.8. The molecule has 0 saturated carbocycles. The number of hydrogen-bond donors (Lipinski definition) is 1. The van der Waals surface area contributed by atoms with E-state index in [1.807, 2.05) is 0 Å². The molecule has 0 radical (unpaired) electrons. The average molecular weight is 408 g/mol. The van der Waals surface area contributed by atoms with Crippen LogP contribution in [0, 0.1) is 0 Å². The van der Waals surface area contributed by atoms with Gasteiger partial charge < -0.3 is 9.47 Å². The van der Waals surface area contributed by atoms with Gasteiger partial charge in [0.1, 0.15) is 11.5 Å². The summed E-state index contributed by atoms with van der Waals surface area (Å²) in [5, 5.41) is 4.26. The number of nitrogens with zero attached hydrogens (tertiary/aromatic N) is 1. The third-order valence-corrected chi connectivity index (χ3v) is 4.64. The molecule has 28 heavy (non-hydrogen) atoms. The predicted molar refractivity (Wildman–Crippen MR) is 100 cm³/mol. The standard InChI is InChI=1S/C19H15F3N2O3S/c1-26-11-7-8-16(27-2)13(9-11)15-10-28-18(23-15)24-17(25)12-5-3-4-6-14(12)19(20,21)22/h3-10H,1-2H3,(H,23,24,25). The lowest BCUT2D eigenvalue weighted by Gasteiger charge is -2.11. The van der Waals surface area contributed by atoms with Crippen LogP contribution in [0.1, 0.15) is 15.9 Å². The SMILES string of the molecule is COc1ccc(OC)c(-c2csc(NC(=O)c3ccccc3C(F)(F)F)n2)c1. The molecule has 0 fully saturated rings. The normalized spacial score (nSPS) is 11.2. The van der Waals surface area contributed by atoms with Crippen LogP contribution >= 0.6 is 11.3 Å². The van der Waals surface area contributed by atoms with Gasteiger partial charge in [0.2, 0.25) is 0 Å². The minimum atomic E-state index is -4.63. The predicted octanol–water partition coefficient (Wildman–Crippen LogP) is 5.10. The van der Waals surface area contributed by atoms with Crippen LogP contribution in [0.3, 0.4) is 0 Å². The van der Waals surface area contributed by atoms with Crippen LogP contribution in [0.25, 0.3) is 11.3 Å². The summed E-state index contributed by atoms with van der Waals surface area (Å²) in [6.45, 7) is 0. The molecule has 1 N–H and O–H groups in total. The van der Waals surface area contributed by atoms with Crippen molar-refractivity contribution in [3.63, 3.8) is 0 Å². The first-order valence-electron chi connectivity index (χ1n) is 7.99. The van der Waals surface area contributed by atoms with E-state index in [1.54, 1.807) is 23.6 Å². The molecule has 1 heterocycles. The van der Waals surface area contributed by atoms with Crippen molar-refractivity contribution in [2.24, 2.45) is 0 Å². The van der Waals surface area contributed by atoms with Gasteiger partial charge in [0, 0.05) is 10.9 Å². The fraction of sp³-hybridized carbons (Fsp3) is 0.158. The maximum absolute atomic E-state index is 13.1. The lowest BCUT2D eigenvalue weighted by Crippen LogP contribution is -2.18. The fourth-order valence-electron chi connectivity index (χ4n) is 2.56. The molecule has 0 aliphatic rings. The highest BCUT2D eigenvalue weighted by Gasteiger charge is 2.35. The van der Waals surface area contributed by atoms with E-state index in [-0.39, 0.29) is 5.13 Å². The number of benzene rings is 2. The van der Waals surface area contributed by atoms with Crippen LogP contribution in [0.15, 0.2) is 47.8 Å². The molecule has 0 atom stereocenters. The molecule has 3 aromatic rings. The first kappa shape index (κ1) is 19.7. The largest absolute Gasteiger partial charge is 0.497 e. The van der Waals surface area contributed by atoms with E-state index >= 15 is 0 Å². The molecule has 9 heteroatoms. The summed E-state index contributed by atoms with van der Waals surface area (Å²) in [7, 11) is 3.03. The Morgan fingerprint density at radius 3 is 2.54 bits per heavy atom. The molecule has 0 aliphatic carbocycles. The molecule has 2 aromatic carbocycles. The summed E-state index contributed by atoms with van der Waals surface area (Å²) in [5.74, 6) is 0.256. The van der Waals surface area contributed by atoms with Crippen molar-refractivity contribution in [3.8, 4) is 22.8 Å². The Labute approximate surface area is 162 Å². The number of methoxy groups -OCH3 is 2. The first-order chi connectivity index (χ1) is 13.3. The second-order valence-corrected chi connectivity index (χ2v) is 6.46. The second-order valence-electron chi connectivity index (χ2n) is 5.60. The van der Waals surface area contributed by atoms with Gasteiger partial charge in [0.15, 0.2) is 5.13 Å². The number of amides is 1. The number of aromatic nitrogens is 1. The van der Waals surface area contributed by atoms with Crippen molar-refractivity contribution >= 4 is 22.4 Å². The molecule has 146 valence electrons. The number of halogens is 3. The first-order valence-corrected chi connectivity index (χ1v) is 8.87. The Balaban J connectivity index is 1.88. The van der Waals surface area contributed by atoms with Gasteiger partial charge >= 0.3 is 6.18 Å². The van der Waals surface area contributed by atoms with E-state index in [9.17, 15) is 18.0 Å². The Hall–Kier alpha value is -3.07. The third-order valence-electron chi connectivity index (χ3n) is 3.88. The molecular formula is C19H15F3N2O3S. The smallest absolute Gasteiger partial charge is 0.417 e. The number of ether oxygens (including phenoxy) is 2. The van der Waals surface area contributed by atoms with E-state index in [1.165, 1.54) is 26.4 Å². The zero-order valence-corrected chi connectivity index (χ0v) is 15.6. The number of carbonyl (C=O) groups excluding carboxylic acids is 1. The number of anilines is 1. The maximum Gasteiger partial charge on any atom is 0.417 e. The zero-order valence-electron chi connectivity index (χ0n) is 14.8. The summed E-state index contributed by atoms with van der Waals surface area (Å²) in [6.07, 6.45) is -4.63. The van der Waals surface area contributed by atoms with Crippen molar-refractivity contribution in [1.29, 1.82) is 0 Å². The van der Waals surface area contributed by atoms with E-state index in [0.717, 1.165) is 23.5 Å². The Morgan fingerprint density at radius 1 is 1.11 bits per heavy atom. The van der Waals surface area contributed by atoms with Crippen LogP contribution < -0.4 is 14.8 Å². The van der Waals surface area contributed by atoms with Crippen molar-refractivity contribution in [2.75, 3.05) is 19.5 Å². The minimum Gasteiger partial charge on any atom is -0.497 e. The van der Waals surface area contributed by atoms with E-state index in [4.69, 9.17) is 9.47 Å². The monoisotopic (exact) mass is 408 g/mol.